The van der Waals surface area contributed by atoms with Gasteiger partial charge in [0.05, 0.1) is 0 Å². The SMILES string of the molecule is C=CCN(CC1CC1(C)c1ccccc1)C(C)=O. The molecule has 1 aromatic rings. The smallest absolute Gasteiger partial charge is 0.219 e. The van der Waals surface area contributed by atoms with Crippen LogP contribution < -0.4 is 0 Å². The molecule has 0 bridgehead atoms. The predicted octanol–water partition coefficient (Wildman–Crippen LogP) is 3.00. The minimum Gasteiger partial charge on any atom is -0.339 e. The lowest BCUT2D eigenvalue weighted by atomic mass is 9.95. The Morgan fingerprint density at radius 2 is 2.17 bits per heavy atom. The zero-order valence-electron chi connectivity index (χ0n) is 11.2. The lowest BCUT2D eigenvalue weighted by Gasteiger charge is -2.21. The largest absolute Gasteiger partial charge is 0.339 e. The molecular formula is C16H21NO. The molecule has 0 N–H and O–H groups in total. The van der Waals surface area contributed by atoms with Gasteiger partial charge in [-0.3, -0.25) is 4.79 Å². The zero-order valence-corrected chi connectivity index (χ0v) is 11.2. The highest BCUT2D eigenvalue weighted by molar-refractivity contribution is 5.73. The van der Waals surface area contributed by atoms with Crippen LogP contribution in [0.1, 0.15) is 25.8 Å². The molecule has 1 fully saturated rings. The van der Waals surface area contributed by atoms with Crippen molar-refractivity contribution in [2.45, 2.75) is 25.7 Å². The van der Waals surface area contributed by atoms with Gasteiger partial charge in [-0.05, 0) is 23.3 Å². The molecule has 2 nitrogen and oxygen atoms in total. The molecule has 2 atom stereocenters. The van der Waals surface area contributed by atoms with Gasteiger partial charge in [0, 0.05) is 20.0 Å². The third kappa shape index (κ3) is 2.47. The highest BCUT2D eigenvalue weighted by Gasteiger charge is 2.51. The Kier molecular flexibility index (Phi) is 3.55. The van der Waals surface area contributed by atoms with Gasteiger partial charge in [0.1, 0.15) is 0 Å². The Morgan fingerprint density at radius 1 is 1.50 bits per heavy atom. The fraction of sp³-hybridized carbons (Fsp3) is 0.438. The van der Waals surface area contributed by atoms with Crippen molar-refractivity contribution >= 4 is 5.91 Å². The van der Waals surface area contributed by atoms with E-state index in [2.05, 4.69) is 37.8 Å². The molecule has 1 amide bonds. The molecule has 0 spiro atoms. The highest BCUT2D eigenvalue weighted by Crippen LogP contribution is 2.54. The van der Waals surface area contributed by atoms with E-state index in [0.29, 0.717) is 12.5 Å². The fourth-order valence-corrected chi connectivity index (χ4v) is 2.64. The molecule has 0 heterocycles. The Bertz CT molecular complexity index is 440. The van der Waals surface area contributed by atoms with Gasteiger partial charge in [0.2, 0.25) is 5.91 Å². The lowest BCUT2D eigenvalue weighted by molar-refractivity contribution is -0.128. The van der Waals surface area contributed by atoms with Gasteiger partial charge in [-0.15, -0.1) is 6.58 Å². The standard InChI is InChI=1S/C16H21NO/c1-4-10-17(13(2)18)12-15-11-16(15,3)14-8-6-5-7-9-14/h4-9,15H,1,10-12H2,2-3H3. The van der Waals surface area contributed by atoms with Crippen molar-refractivity contribution in [2.24, 2.45) is 5.92 Å². The summed E-state index contributed by atoms with van der Waals surface area (Å²) in [6.07, 6.45) is 2.96. The van der Waals surface area contributed by atoms with Gasteiger partial charge in [0.25, 0.3) is 0 Å². The maximum atomic E-state index is 11.5. The van der Waals surface area contributed by atoms with E-state index < -0.39 is 0 Å². The molecule has 0 aromatic heterocycles. The fourth-order valence-electron chi connectivity index (χ4n) is 2.64. The van der Waals surface area contributed by atoms with Crippen LogP contribution >= 0.6 is 0 Å². The molecule has 1 aliphatic carbocycles. The number of hydrogen-bond acceptors (Lipinski definition) is 1. The second-order valence-corrected chi connectivity index (χ2v) is 5.40. The van der Waals surface area contributed by atoms with Gasteiger partial charge in [-0.2, -0.15) is 0 Å². The normalized spacial score (nSPS) is 25.6. The van der Waals surface area contributed by atoms with Gasteiger partial charge in [-0.25, -0.2) is 0 Å². The van der Waals surface area contributed by atoms with Gasteiger partial charge >= 0.3 is 0 Å². The topological polar surface area (TPSA) is 20.3 Å². The van der Waals surface area contributed by atoms with E-state index in [4.69, 9.17) is 0 Å². The Balaban J connectivity index is 2.02. The Hall–Kier alpha value is -1.57. The molecule has 1 aromatic carbocycles. The number of carbonyl (C=O) groups excluding carboxylic acids is 1. The van der Waals surface area contributed by atoms with Gasteiger partial charge < -0.3 is 4.90 Å². The summed E-state index contributed by atoms with van der Waals surface area (Å²) in [5.74, 6) is 0.709. The predicted molar refractivity (Wildman–Crippen MR) is 74.4 cm³/mol. The van der Waals surface area contributed by atoms with E-state index in [1.54, 1.807) is 13.0 Å². The van der Waals surface area contributed by atoms with Crippen LogP contribution in [0.15, 0.2) is 43.0 Å². The third-order valence-corrected chi connectivity index (χ3v) is 4.08. The second-order valence-electron chi connectivity index (χ2n) is 5.40. The first-order valence-corrected chi connectivity index (χ1v) is 6.50. The van der Waals surface area contributed by atoms with Crippen LogP contribution in [0.4, 0.5) is 0 Å². The van der Waals surface area contributed by atoms with Crippen molar-refractivity contribution in [1.82, 2.24) is 4.90 Å². The highest BCUT2D eigenvalue weighted by atomic mass is 16.2. The van der Waals surface area contributed by atoms with E-state index in [9.17, 15) is 4.79 Å². The maximum Gasteiger partial charge on any atom is 0.219 e. The van der Waals surface area contributed by atoms with E-state index in [1.807, 2.05) is 11.0 Å². The number of nitrogens with zero attached hydrogens (tertiary/aromatic N) is 1. The molecule has 2 heteroatoms. The number of carbonyl (C=O) groups is 1. The second kappa shape index (κ2) is 4.97. The molecule has 2 unspecified atom stereocenters. The molecule has 0 aliphatic heterocycles. The summed E-state index contributed by atoms with van der Waals surface area (Å²) in [5, 5.41) is 0. The van der Waals surface area contributed by atoms with Crippen LogP contribution in [-0.4, -0.2) is 23.9 Å². The van der Waals surface area contributed by atoms with Crippen molar-refractivity contribution in [1.29, 1.82) is 0 Å². The number of hydrogen-bond donors (Lipinski definition) is 0. The van der Waals surface area contributed by atoms with Crippen LogP contribution in [0, 0.1) is 5.92 Å². The monoisotopic (exact) mass is 243 g/mol. The summed E-state index contributed by atoms with van der Waals surface area (Å²) in [7, 11) is 0. The van der Waals surface area contributed by atoms with Crippen LogP contribution in [0.25, 0.3) is 0 Å². The van der Waals surface area contributed by atoms with Crippen molar-refractivity contribution in [2.75, 3.05) is 13.1 Å². The van der Waals surface area contributed by atoms with Crippen LogP contribution in [0.5, 0.6) is 0 Å². The van der Waals surface area contributed by atoms with Crippen LogP contribution in [0.2, 0.25) is 0 Å². The first-order valence-electron chi connectivity index (χ1n) is 6.50. The molecule has 1 aliphatic rings. The molecule has 0 saturated heterocycles. The quantitative estimate of drug-likeness (QED) is 0.728. The van der Waals surface area contributed by atoms with E-state index in [0.717, 1.165) is 13.0 Å². The van der Waals surface area contributed by atoms with Crippen LogP contribution in [0.3, 0.4) is 0 Å². The van der Waals surface area contributed by atoms with E-state index >= 15 is 0 Å². The number of amides is 1. The lowest BCUT2D eigenvalue weighted by Crippen LogP contribution is -2.32. The summed E-state index contributed by atoms with van der Waals surface area (Å²) >= 11 is 0. The van der Waals surface area contributed by atoms with E-state index in [-0.39, 0.29) is 11.3 Å². The Labute approximate surface area is 109 Å². The molecule has 18 heavy (non-hydrogen) atoms. The molecular weight excluding hydrogens is 222 g/mol. The first kappa shape index (κ1) is 12.9. The molecule has 1 saturated carbocycles. The van der Waals surface area contributed by atoms with Crippen molar-refractivity contribution in [3.05, 3.63) is 48.6 Å². The minimum atomic E-state index is 0.136. The summed E-state index contributed by atoms with van der Waals surface area (Å²) in [6, 6.07) is 10.6. The molecule has 96 valence electrons. The maximum absolute atomic E-state index is 11.5. The number of rotatable bonds is 5. The van der Waals surface area contributed by atoms with E-state index in [1.165, 1.54) is 5.56 Å². The molecule has 2 rings (SSSR count). The first-order chi connectivity index (χ1) is 8.58. The average Bonchev–Trinajstić information content (AvgIpc) is 3.02. The van der Waals surface area contributed by atoms with Gasteiger partial charge in [-0.1, -0.05) is 43.3 Å². The third-order valence-electron chi connectivity index (χ3n) is 4.08. The Morgan fingerprint density at radius 3 is 2.72 bits per heavy atom. The van der Waals surface area contributed by atoms with Crippen molar-refractivity contribution < 1.29 is 4.79 Å². The van der Waals surface area contributed by atoms with Crippen molar-refractivity contribution in [3.8, 4) is 0 Å². The van der Waals surface area contributed by atoms with Crippen LogP contribution in [-0.2, 0) is 10.2 Å². The molecule has 0 radical (unpaired) electrons. The average molecular weight is 243 g/mol. The summed E-state index contributed by atoms with van der Waals surface area (Å²) in [6.45, 7) is 9.12. The summed E-state index contributed by atoms with van der Waals surface area (Å²) < 4.78 is 0. The van der Waals surface area contributed by atoms with Crippen molar-refractivity contribution in [3.63, 3.8) is 0 Å². The minimum absolute atomic E-state index is 0.136. The zero-order chi connectivity index (χ0) is 13.2. The summed E-state index contributed by atoms with van der Waals surface area (Å²) in [5.41, 5.74) is 1.63. The summed E-state index contributed by atoms with van der Waals surface area (Å²) in [4.78, 5) is 13.4. The van der Waals surface area contributed by atoms with Gasteiger partial charge in [0.15, 0.2) is 0 Å². The number of benzene rings is 1.